The van der Waals surface area contributed by atoms with Crippen molar-refractivity contribution in [1.29, 1.82) is 0 Å². The van der Waals surface area contributed by atoms with E-state index in [0.29, 0.717) is 0 Å². The third-order valence-corrected chi connectivity index (χ3v) is 3.54. The summed E-state index contributed by atoms with van der Waals surface area (Å²) < 4.78 is 0. The second-order valence-electron chi connectivity index (χ2n) is 5.48. The molecule has 0 saturated heterocycles. The zero-order valence-corrected chi connectivity index (χ0v) is 12.7. The molecule has 0 saturated carbocycles. The molecule has 0 aliphatic carbocycles. The fraction of sp³-hybridized carbons (Fsp3) is 0.500. The Morgan fingerprint density at radius 3 is 2.63 bits per heavy atom. The number of nitrogens with one attached hydrogen (secondary N) is 1. The summed E-state index contributed by atoms with van der Waals surface area (Å²) in [7, 11) is 0. The minimum Gasteiger partial charge on any atom is -0.369 e. The van der Waals surface area contributed by atoms with Crippen LogP contribution in [-0.2, 0) is 11.8 Å². The highest BCUT2D eigenvalue weighted by Gasteiger charge is 2.17. The van der Waals surface area contributed by atoms with Gasteiger partial charge in [-0.05, 0) is 6.92 Å². The highest BCUT2D eigenvalue weighted by Crippen LogP contribution is 2.24. The largest absolute Gasteiger partial charge is 0.369 e. The first kappa shape index (κ1) is 13.9. The average molecular weight is 276 g/mol. The molecule has 1 N–H and O–H groups in total. The molecule has 19 heavy (non-hydrogen) atoms. The Kier molecular flexibility index (Phi) is 4.14. The van der Waals surface area contributed by atoms with Crippen LogP contribution in [0.2, 0.25) is 0 Å². The monoisotopic (exact) mass is 276 g/mol. The summed E-state index contributed by atoms with van der Waals surface area (Å²) in [6.07, 6.45) is 4.29. The SMILES string of the molecule is CCNc1cncc(Cc2nc(C(C)(C)C)cs2)n1. The van der Waals surface area contributed by atoms with Crippen LogP contribution in [0.25, 0.3) is 0 Å². The van der Waals surface area contributed by atoms with Gasteiger partial charge in [-0.15, -0.1) is 11.3 Å². The molecule has 0 unspecified atom stereocenters. The van der Waals surface area contributed by atoms with Crippen molar-refractivity contribution < 1.29 is 0 Å². The van der Waals surface area contributed by atoms with E-state index in [9.17, 15) is 0 Å². The van der Waals surface area contributed by atoms with Crippen molar-refractivity contribution >= 4 is 17.2 Å². The second kappa shape index (κ2) is 5.65. The molecule has 0 aromatic carbocycles. The van der Waals surface area contributed by atoms with Gasteiger partial charge in [-0.2, -0.15) is 0 Å². The van der Waals surface area contributed by atoms with Gasteiger partial charge in [0.2, 0.25) is 0 Å². The van der Waals surface area contributed by atoms with E-state index >= 15 is 0 Å². The Balaban J connectivity index is 2.12. The molecule has 0 aliphatic heterocycles. The highest BCUT2D eigenvalue weighted by molar-refractivity contribution is 7.09. The molecule has 2 rings (SSSR count). The van der Waals surface area contributed by atoms with E-state index in [4.69, 9.17) is 0 Å². The molecule has 2 heterocycles. The van der Waals surface area contributed by atoms with E-state index in [1.165, 1.54) is 0 Å². The number of anilines is 1. The molecular formula is C14H20N4S. The van der Waals surface area contributed by atoms with E-state index in [1.54, 1.807) is 23.7 Å². The molecule has 0 spiro atoms. The lowest BCUT2D eigenvalue weighted by Crippen LogP contribution is -2.11. The smallest absolute Gasteiger partial charge is 0.144 e. The van der Waals surface area contributed by atoms with Gasteiger partial charge in [-0.3, -0.25) is 4.98 Å². The molecule has 0 atom stereocenters. The normalized spacial score (nSPS) is 11.6. The first-order valence-electron chi connectivity index (χ1n) is 6.48. The maximum absolute atomic E-state index is 4.68. The molecule has 0 bridgehead atoms. The third kappa shape index (κ3) is 3.73. The molecule has 4 nitrogen and oxygen atoms in total. The van der Waals surface area contributed by atoms with Crippen molar-refractivity contribution in [3.8, 4) is 0 Å². The first-order valence-corrected chi connectivity index (χ1v) is 7.36. The van der Waals surface area contributed by atoms with Gasteiger partial charge in [0.25, 0.3) is 0 Å². The molecule has 5 heteroatoms. The Morgan fingerprint density at radius 2 is 2.00 bits per heavy atom. The van der Waals surface area contributed by atoms with Crippen LogP contribution in [0.3, 0.4) is 0 Å². The zero-order chi connectivity index (χ0) is 13.9. The van der Waals surface area contributed by atoms with Gasteiger partial charge in [0, 0.05) is 30.0 Å². The van der Waals surface area contributed by atoms with Crippen LogP contribution in [0.15, 0.2) is 17.8 Å². The molecule has 2 aromatic heterocycles. The van der Waals surface area contributed by atoms with Gasteiger partial charge in [0.1, 0.15) is 5.82 Å². The number of hydrogen-bond donors (Lipinski definition) is 1. The quantitative estimate of drug-likeness (QED) is 0.931. The van der Waals surface area contributed by atoms with Gasteiger partial charge >= 0.3 is 0 Å². The Morgan fingerprint density at radius 1 is 1.21 bits per heavy atom. The van der Waals surface area contributed by atoms with Crippen LogP contribution in [-0.4, -0.2) is 21.5 Å². The van der Waals surface area contributed by atoms with Crippen molar-refractivity contribution in [2.75, 3.05) is 11.9 Å². The fourth-order valence-corrected chi connectivity index (χ4v) is 2.69. The molecule has 0 aliphatic rings. The van der Waals surface area contributed by atoms with E-state index in [0.717, 1.165) is 35.2 Å². The summed E-state index contributed by atoms with van der Waals surface area (Å²) in [5.74, 6) is 0.826. The van der Waals surface area contributed by atoms with E-state index in [-0.39, 0.29) is 5.41 Å². The predicted molar refractivity (Wildman–Crippen MR) is 79.8 cm³/mol. The number of thiazole rings is 1. The van der Waals surface area contributed by atoms with E-state index in [2.05, 4.69) is 46.4 Å². The van der Waals surface area contributed by atoms with E-state index < -0.39 is 0 Å². The van der Waals surface area contributed by atoms with Gasteiger partial charge in [-0.25, -0.2) is 9.97 Å². The third-order valence-electron chi connectivity index (χ3n) is 2.69. The molecular weight excluding hydrogens is 256 g/mol. The maximum Gasteiger partial charge on any atom is 0.144 e. The van der Waals surface area contributed by atoms with Crippen LogP contribution in [0, 0.1) is 0 Å². The van der Waals surface area contributed by atoms with Crippen molar-refractivity contribution in [1.82, 2.24) is 15.0 Å². The van der Waals surface area contributed by atoms with Gasteiger partial charge in [0.05, 0.1) is 22.6 Å². The predicted octanol–water partition coefficient (Wildman–Crippen LogP) is 3.25. The lowest BCUT2D eigenvalue weighted by atomic mass is 9.93. The average Bonchev–Trinajstić information content (AvgIpc) is 2.78. The second-order valence-corrected chi connectivity index (χ2v) is 6.42. The zero-order valence-electron chi connectivity index (χ0n) is 11.9. The molecule has 102 valence electrons. The minimum atomic E-state index is 0.103. The summed E-state index contributed by atoms with van der Waals surface area (Å²) in [5, 5.41) is 6.40. The number of aromatic nitrogens is 3. The Labute approximate surface area is 118 Å². The molecule has 2 aromatic rings. The van der Waals surface area contributed by atoms with Gasteiger partial charge in [0.15, 0.2) is 0 Å². The summed E-state index contributed by atoms with van der Waals surface area (Å²) in [6, 6.07) is 0. The summed E-state index contributed by atoms with van der Waals surface area (Å²) >= 11 is 1.69. The summed E-state index contributed by atoms with van der Waals surface area (Å²) in [6.45, 7) is 9.43. The summed E-state index contributed by atoms with van der Waals surface area (Å²) in [4.78, 5) is 13.4. The molecule has 0 fully saturated rings. The lowest BCUT2D eigenvalue weighted by molar-refractivity contribution is 0.571. The first-order chi connectivity index (χ1) is 8.99. The highest BCUT2D eigenvalue weighted by atomic mass is 32.1. The van der Waals surface area contributed by atoms with Gasteiger partial charge < -0.3 is 5.32 Å². The molecule has 0 radical (unpaired) electrons. The number of nitrogens with zero attached hydrogens (tertiary/aromatic N) is 3. The summed E-state index contributed by atoms with van der Waals surface area (Å²) in [5.41, 5.74) is 2.20. The van der Waals surface area contributed by atoms with Crippen LogP contribution >= 0.6 is 11.3 Å². The van der Waals surface area contributed by atoms with Crippen LogP contribution in [0.1, 0.15) is 44.1 Å². The van der Waals surface area contributed by atoms with Crippen molar-refractivity contribution in [3.63, 3.8) is 0 Å². The van der Waals surface area contributed by atoms with Gasteiger partial charge in [-0.1, -0.05) is 20.8 Å². The molecule has 0 amide bonds. The van der Waals surface area contributed by atoms with Crippen LogP contribution in [0.5, 0.6) is 0 Å². The number of hydrogen-bond acceptors (Lipinski definition) is 5. The van der Waals surface area contributed by atoms with Crippen molar-refractivity contribution in [2.24, 2.45) is 0 Å². The van der Waals surface area contributed by atoms with E-state index in [1.807, 2.05) is 6.92 Å². The maximum atomic E-state index is 4.68. The topological polar surface area (TPSA) is 50.7 Å². The number of rotatable bonds is 4. The van der Waals surface area contributed by atoms with Crippen molar-refractivity contribution in [3.05, 3.63) is 34.2 Å². The fourth-order valence-electron chi connectivity index (χ4n) is 1.65. The standard InChI is InChI=1S/C14H20N4S/c1-5-16-12-8-15-7-10(17-12)6-13-18-11(9-19-13)14(2,3)4/h7-9H,5-6H2,1-4H3,(H,16,17). The van der Waals surface area contributed by atoms with Crippen molar-refractivity contribution in [2.45, 2.75) is 39.5 Å². The lowest BCUT2D eigenvalue weighted by Gasteiger charge is -2.14. The Bertz CT molecular complexity index is 542. The van der Waals surface area contributed by atoms with Crippen LogP contribution in [0.4, 0.5) is 5.82 Å². The minimum absolute atomic E-state index is 0.103. The van der Waals surface area contributed by atoms with Crippen LogP contribution < -0.4 is 5.32 Å². The Hall–Kier alpha value is -1.49.